The standard InChI is InChI=1S/C22H23BrO4/c1-15(2)11-12-27-21-14-18(25-3)13-20(26-4)22(21)19(24)10-7-16-5-8-17(23)9-6-16/h5-11,13-14H,12H2,1-4H3/b10-7+. The largest absolute Gasteiger partial charge is 0.496 e. The molecule has 0 aliphatic heterocycles. The molecule has 0 aliphatic rings. The molecule has 2 rings (SSSR count). The van der Waals surface area contributed by atoms with Gasteiger partial charge in [-0.15, -0.1) is 0 Å². The summed E-state index contributed by atoms with van der Waals surface area (Å²) in [6, 6.07) is 11.1. The fourth-order valence-corrected chi connectivity index (χ4v) is 2.59. The molecule has 0 saturated carbocycles. The van der Waals surface area contributed by atoms with Crippen LogP contribution in [0.15, 0.2) is 58.6 Å². The molecule has 142 valence electrons. The molecular formula is C22H23BrO4. The number of allylic oxidation sites excluding steroid dienone is 2. The molecule has 0 heterocycles. The molecule has 0 radical (unpaired) electrons. The normalized spacial score (nSPS) is 10.6. The van der Waals surface area contributed by atoms with Crippen LogP contribution in [0, 0.1) is 0 Å². The zero-order valence-electron chi connectivity index (χ0n) is 15.9. The van der Waals surface area contributed by atoms with Gasteiger partial charge in [-0.3, -0.25) is 4.79 Å². The van der Waals surface area contributed by atoms with Crippen LogP contribution in [0.4, 0.5) is 0 Å². The van der Waals surface area contributed by atoms with Crippen molar-refractivity contribution >= 4 is 27.8 Å². The van der Waals surface area contributed by atoms with Gasteiger partial charge in [0.2, 0.25) is 0 Å². The summed E-state index contributed by atoms with van der Waals surface area (Å²) < 4.78 is 17.5. The van der Waals surface area contributed by atoms with Gasteiger partial charge in [0, 0.05) is 16.6 Å². The lowest BCUT2D eigenvalue weighted by Gasteiger charge is -2.14. The Morgan fingerprint density at radius 2 is 1.70 bits per heavy atom. The predicted octanol–water partition coefficient (Wildman–Crippen LogP) is 5.71. The van der Waals surface area contributed by atoms with Crippen LogP contribution in [0.5, 0.6) is 17.2 Å². The first-order valence-electron chi connectivity index (χ1n) is 8.44. The summed E-state index contributed by atoms with van der Waals surface area (Å²) in [6.45, 7) is 4.33. The molecule has 0 saturated heterocycles. The van der Waals surface area contributed by atoms with Crippen LogP contribution in [0.3, 0.4) is 0 Å². The summed E-state index contributed by atoms with van der Waals surface area (Å²) in [7, 11) is 3.08. The van der Waals surface area contributed by atoms with E-state index in [1.54, 1.807) is 25.3 Å². The molecule has 0 spiro atoms. The lowest BCUT2D eigenvalue weighted by atomic mass is 10.1. The molecule has 2 aromatic carbocycles. The zero-order chi connectivity index (χ0) is 19.8. The second-order valence-corrected chi connectivity index (χ2v) is 6.96. The van der Waals surface area contributed by atoms with E-state index in [0.29, 0.717) is 29.4 Å². The minimum Gasteiger partial charge on any atom is -0.496 e. The number of benzene rings is 2. The van der Waals surface area contributed by atoms with Crippen molar-refractivity contribution in [2.24, 2.45) is 0 Å². The molecule has 27 heavy (non-hydrogen) atoms. The maximum absolute atomic E-state index is 12.9. The number of carbonyl (C=O) groups excluding carboxylic acids is 1. The molecule has 0 aliphatic carbocycles. The lowest BCUT2D eigenvalue weighted by molar-refractivity contribution is 0.104. The average molecular weight is 431 g/mol. The van der Waals surface area contributed by atoms with E-state index in [1.807, 2.05) is 44.2 Å². The Hall–Kier alpha value is -2.53. The van der Waals surface area contributed by atoms with Gasteiger partial charge in [-0.25, -0.2) is 0 Å². The lowest BCUT2D eigenvalue weighted by Crippen LogP contribution is -2.06. The third-order valence-electron chi connectivity index (χ3n) is 3.77. The molecule has 0 fully saturated rings. The average Bonchev–Trinajstić information content (AvgIpc) is 2.66. The van der Waals surface area contributed by atoms with Gasteiger partial charge in [0.15, 0.2) is 5.78 Å². The molecule has 0 amide bonds. The third kappa shape index (κ3) is 6.00. The van der Waals surface area contributed by atoms with E-state index >= 15 is 0 Å². The number of hydrogen-bond donors (Lipinski definition) is 0. The number of rotatable bonds is 8. The molecule has 0 bridgehead atoms. The zero-order valence-corrected chi connectivity index (χ0v) is 17.5. The molecule has 4 nitrogen and oxygen atoms in total. The molecule has 0 N–H and O–H groups in total. The first kappa shape index (κ1) is 20.8. The highest BCUT2D eigenvalue weighted by Crippen LogP contribution is 2.35. The Kier molecular flexibility index (Phi) is 7.67. The quantitative estimate of drug-likeness (QED) is 0.305. The fourth-order valence-electron chi connectivity index (χ4n) is 2.33. The number of methoxy groups -OCH3 is 2. The van der Waals surface area contributed by atoms with E-state index < -0.39 is 0 Å². The van der Waals surface area contributed by atoms with Gasteiger partial charge >= 0.3 is 0 Å². The van der Waals surface area contributed by atoms with Gasteiger partial charge in [-0.2, -0.15) is 0 Å². The Morgan fingerprint density at radius 3 is 2.30 bits per heavy atom. The third-order valence-corrected chi connectivity index (χ3v) is 4.30. The summed E-state index contributed by atoms with van der Waals surface area (Å²) in [5.74, 6) is 1.19. The van der Waals surface area contributed by atoms with Crippen molar-refractivity contribution in [3.63, 3.8) is 0 Å². The molecule has 5 heteroatoms. The van der Waals surface area contributed by atoms with Crippen LogP contribution in [0.1, 0.15) is 29.8 Å². The highest BCUT2D eigenvalue weighted by atomic mass is 79.9. The first-order chi connectivity index (χ1) is 12.9. The Bertz CT molecular complexity index is 847. The molecular weight excluding hydrogens is 408 g/mol. The molecule has 0 aromatic heterocycles. The van der Waals surface area contributed by atoms with Gasteiger partial charge in [0.25, 0.3) is 0 Å². The van der Waals surface area contributed by atoms with Crippen molar-refractivity contribution in [1.82, 2.24) is 0 Å². The summed E-state index contributed by atoms with van der Waals surface area (Å²) in [5, 5.41) is 0. The minimum atomic E-state index is -0.204. The summed E-state index contributed by atoms with van der Waals surface area (Å²) >= 11 is 3.40. The van der Waals surface area contributed by atoms with Crippen molar-refractivity contribution in [2.45, 2.75) is 13.8 Å². The van der Waals surface area contributed by atoms with Gasteiger partial charge in [-0.1, -0.05) is 39.7 Å². The van der Waals surface area contributed by atoms with E-state index in [0.717, 1.165) is 15.6 Å². The summed E-state index contributed by atoms with van der Waals surface area (Å²) in [5.41, 5.74) is 2.42. The summed E-state index contributed by atoms with van der Waals surface area (Å²) in [4.78, 5) is 12.9. The number of carbonyl (C=O) groups is 1. The highest BCUT2D eigenvalue weighted by molar-refractivity contribution is 9.10. The Balaban J connectivity index is 2.37. The van der Waals surface area contributed by atoms with E-state index in [9.17, 15) is 4.79 Å². The van der Waals surface area contributed by atoms with Crippen LogP contribution in [-0.2, 0) is 0 Å². The smallest absolute Gasteiger partial charge is 0.193 e. The monoisotopic (exact) mass is 430 g/mol. The highest BCUT2D eigenvalue weighted by Gasteiger charge is 2.19. The van der Waals surface area contributed by atoms with Crippen LogP contribution < -0.4 is 14.2 Å². The number of hydrogen-bond acceptors (Lipinski definition) is 4. The molecule has 0 atom stereocenters. The van der Waals surface area contributed by atoms with Gasteiger partial charge < -0.3 is 14.2 Å². The van der Waals surface area contributed by atoms with Crippen molar-refractivity contribution < 1.29 is 19.0 Å². The van der Waals surface area contributed by atoms with Crippen LogP contribution in [0.25, 0.3) is 6.08 Å². The maximum atomic E-state index is 12.9. The Labute approximate surface area is 168 Å². The van der Waals surface area contributed by atoms with Crippen molar-refractivity contribution in [2.75, 3.05) is 20.8 Å². The molecule has 0 unspecified atom stereocenters. The van der Waals surface area contributed by atoms with Crippen LogP contribution in [0.2, 0.25) is 0 Å². The van der Waals surface area contributed by atoms with Crippen LogP contribution >= 0.6 is 15.9 Å². The second-order valence-electron chi connectivity index (χ2n) is 6.04. The van der Waals surface area contributed by atoms with E-state index in [-0.39, 0.29) is 5.78 Å². The SMILES string of the molecule is COc1cc(OC)c(C(=O)/C=C/c2ccc(Br)cc2)c(OCC=C(C)C)c1. The number of halogens is 1. The minimum absolute atomic E-state index is 0.204. The second kappa shape index (κ2) is 9.97. The fraction of sp³-hybridized carbons (Fsp3) is 0.227. The van der Waals surface area contributed by atoms with Gasteiger partial charge in [0.1, 0.15) is 29.4 Å². The van der Waals surface area contributed by atoms with Crippen molar-refractivity contribution in [1.29, 1.82) is 0 Å². The van der Waals surface area contributed by atoms with Crippen LogP contribution in [-0.4, -0.2) is 26.6 Å². The van der Waals surface area contributed by atoms with Gasteiger partial charge in [0.05, 0.1) is 14.2 Å². The molecule has 2 aromatic rings. The topological polar surface area (TPSA) is 44.8 Å². The van der Waals surface area contributed by atoms with Gasteiger partial charge in [-0.05, 0) is 43.7 Å². The van der Waals surface area contributed by atoms with Crippen molar-refractivity contribution in [3.05, 3.63) is 69.7 Å². The van der Waals surface area contributed by atoms with Crippen molar-refractivity contribution in [3.8, 4) is 17.2 Å². The number of ether oxygens (including phenoxy) is 3. The number of ketones is 1. The van der Waals surface area contributed by atoms with E-state index in [2.05, 4.69) is 15.9 Å². The predicted molar refractivity (Wildman–Crippen MR) is 112 cm³/mol. The maximum Gasteiger partial charge on any atom is 0.193 e. The first-order valence-corrected chi connectivity index (χ1v) is 9.24. The van der Waals surface area contributed by atoms with E-state index in [4.69, 9.17) is 14.2 Å². The Morgan fingerprint density at radius 1 is 1.04 bits per heavy atom. The van der Waals surface area contributed by atoms with E-state index in [1.165, 1.54) is 13.2 Å². The summed E-state index contributed by atoms with van der Waals surface area (Å²) in [6.07, 6.45) is 5.22.